The van der Waals surface area contributed by atoms with E-state index in [-0.39, 0.29) is 11.3 Å². The molecule has 0 atom stereocenters. The highest BCUT2D eigenvalue weighted by atomic mass is 32.1. The van der Waals surface area contributed by atoms with Gasteiger partial charge in [-0.15, -0.1) is 11.3 Å². The van der Waals surface area contributed by atoms with Gasteiger partial charge in [0.1, 0.15) is 0 Å². The maximum absolute atomic E-state index is 12.7. The van der Waals surface area contributed by atoms with Crippen molar-refractivity contribution in [2.75, 3.05) is 6.54 Å². The molecule has 0 unspecified atom stereocenters. The van der Waals surface area contributed by atoms with E-state index in [1.165, 1.54) is 49.7 Å². The van der Waals surface area contributed by atoms with E-state index in [0.717, 1.165) is 11.4 Å². The second kappa shape index (κ2) is 6.12. The monoisotopic (exact) mass is 325 g/mol. The average molecular weight is 325 g/mol. The van der Waals surface area contributed by atoms with Crippen LogP contribution < -0.4 is 5.32 Å². The van der Waals surface area contributed by atoms with Crippen molar-refractivity contribution in [1.82, 2.24) is 5.32 Å². The second-order valence-electron chi connectivity index (χ2n) is 7.02. The van der Waals surface area contributed by atoms with Crippen molar-refractivity contribution in [1.29, 1.82) is 0 Å². The van der Waals surface area contributed by atoms with Crippen LogP contribution >= 0.6 is 11.3 Å². The first kappa shape index (κ1) is 14.9. The Bertz CT molecular complexity index is 681. The SMILES string of the molecule is O=C(NCC1(c2ccccc2)CCCC1)c1sccc1C1CC1. The lowest BCUT2D eigenvalue weighted by Crippen LogP contribution is -2.39. The molecule has 1 aromatic heterocycles. The van der Waals surface area contributed by atoms with Gasteiger partial charge in [0, 0.05) is 12.0 Å². The van der Waals surface area contributed by atoms with Gasteiger partial charge >= 0.3 is 0 Å². The maximum atomic E-state index is 12.7. The summed E-state index contributed by atoms with van der Waals surface area (Å²) >= 11 is 1.59. The molecule has 0 radical (unpaired) electrons. The normalized spacial score (nSPS) is 19.7. The number of amides is 1. The first-order valence-electron chi connectivity index (χ1n) is 8.70. The molecule has 2 aliphatic carbocycles. The summed E-state index contributed by atoms with van der Waals surface area (Å²) in [6.07, 6.45) is 7.36. The van der Waals surface area contributed by atoms with Crippen molar-refractivity contribution in [3.8, 4) is 0 Å². The molecule has 3 heteroatoms. The maximum Gasteiger partial charge on any atom is 0.261 e. The van der Waals surface area contributed by atoms with Gasteiger partial charge in [-0.3, -0.25) is 4.79 Å². The molecule has 1 amide bonds. The molecule has 23 heavy (non-hydrogen) atoms. The molecule has 4 rings (SSSR count). The summed E-state index contributed by atoms with van der Waals surface area (Å²) in [5.41, 5.74) is 2.78. The van der Waals surface area contributed by atoms with E-state index in [1.807, 2.05) is 0 Å². The smallest absolute Gasteiger partial charge is 0.261 e. The minimum atomic E-state index is 0.129. The second-order valence-corrected chi connectivity index (χ2v) is 7.93. The van der Waals surface area contributed by atoms with Crippen LogP contribution in [0.2, 0.25) is 0 Å². The molecule has 120 valence electrons. The molecule has 1 N–H and O–H groups in total. The fourth-order valence-electron chi connectivity index (χ4n) is 3.96. The van der Waals surface area contributed by atoms with E-state index in [4.69, 9.17) is 0 Å². The van der Waals surface area contributed by atoms with Crippen LogP contribution in [0.25, 0.3) is 0 Å². The van der Waals surface area contributed by atoms with Gasteiger partial charge in [-0.05, 0) is 54.2 Å². The lowest BCUT2D eigenvalue weighted by molar-refractivity contribution is 0.0946. The first-order valence-corrected chi connectivity index (χ1v) is 9.58. The zero-order valence-electron chi connectivity index (χ0n) is 13.4. The lowest BCUT2D eigenvalue weighted by Gasteiger charge is -2.30. The highest BCUT2D eigenvalue weighted by Gasteiger charge is 2.36. The van der Waals surface area contributed by atoms with Crippen molar-refractivity contribution >= 4 is 17.2 Å². The Kier molecular flexibility index (Phi) is 3.98. The third-order valence-corrected chi connectivity index (χ3v) is 6.38. The summed E-state index contributed by atoms with van der Waals surface area (Å²) in [4.78, 5) is 13.6. The predicted octanol–water partition coefficient (Wildman–Crippen LogP) is 4.87. The number of carbonyl (C=O) groups is 1. The molecule has 2 nitrogen and oxygen atoms in total. The number of benzene rings is 1. The van der Waals surface area contributed by atoms with Gasteiger partial charge in [0.2, 0.25) is 0 Å². The summed E-state index contributed by atoms with van der Waals surface area (Å²) < 4.78 is 0. The van der Waals surface area contributed by atoms with Crippen LogP contribution in [0.15, 0.2) is 41.8 Å². The Hall–Kier alpha value is -1.61. The molecule has 0 aliphatic heterocycles. The Morgan fingerprint density at radius 1 is 1.13 bits per heavy atom. The van der Waals surface area contributed by atoms with Gasteiger partial charge in [0.15, 0.2) is 0 Å². The van der Waals surface area contributed by atoms with Crippen molar-refractivity contribution in [3.63, 3.8) is 0 Å². The van der Waals surface area contributed by atoms with Crippen LogP contribution in [-0.2, 0) is 5.41 Å². The van der Waals surface area contributed by atoms with E-state index < -0.39 is 0 Å². The highest BCUT2D eigenvalue weighted by Crippen LogP contribution is 2.43. The highest BCUT2D eigenvalue weighted by molar-refractivity contribution is 7.12. The van der Waals surface area contributed by atoms with E-state index in [9.17, 15) is 4.79 Å². The van der Waals surface area contributed by atoms with E-state index in [2.05, 4.69) is 47.1 Å². The van der Waals surface area contributed by atoms with Crippen molar-refractivity contribution in [3.05, 3.63) is 57.8 Å². The van der Waals surface area contributed by atoms with Gasteiger partial charge in [-0.2, -0.15) is 0 Å². The molecule has 0 spiro atoms. The van der Waals surface area contributed by atoms with Crippen LogP contribution in [0.3, 0.4) is 0 Å². The molecule has 2 aliphatic rings. The number of rotatable bonds is 5. The predicted molar refractivity (Wildman–Crippen MR) is 95.2 cm³/mol. The van der Waals surface area contributed by atoms with Gasteiger partial charge in [0.05, 0.1) is 4.88 Å². The zero-order chi connectivity index (χ0) is 15.7. The Morgan fingerprint density at radius 2 is 1.87 bits per heavy atom. The topological polar surface area (TPSA) is 29.1 Å². The summed E-state index contributed by atoms with van der Waals surface area (Å²) in [6.45, 7) is 0.762. The lowest BCUT2D eigenvalue weighted by atomic mass is 9.79. The molecule has 0 bridgehead atoms. The first-order chi connectivity index (χ1) is 11.3. The summed E-state index contributed by atoms with van der Waals surface area (Å²) in [5, 5.41) is 5.32. The average Bonchev–Trinajstić information content (AvgIpc) is 3.13. The number of hydrogen-bond donors (Lipinski definition) is 1. The Labute approximate surface area is 141 Å². The van der Waals surface area contributed by atoms with E-state index in [0.29, 0.717) is 5.92 Å². The van der Waals surface area contributed by atoms with Gasteiger partial charge in [-0.25, -0.2) is 0 Å². The van der Waals surface area contributed by atoms with E-state index in [1.54, 1.807) is 11.3 Å². The quantitative estimate of drug-likeness (QED) is 0.835. The van der Waals surface area contributed by atoms with Crippen molar-refractivity contribution in [2.24, 2.45) is 0 Å². The van der Waals surface area contributed by atoms with Crippen LogP contribution in [0.5, 0.6) is 0 Å². The standard InChI is InChI=1S/C20H23NOS/c22-19(18-17(10-13-23-18)15-8-9-15)21-14-20(11-4-5-12-20)16-6-2-1-3-7-16/h1-3,6-7,10,13,15H,4-5,8-9,11-12,14H2,(H,21,22). The van der Waals surface area contributed by atoms with Crippen LogP contribution in [0, 0.1) is 0 Å². The molecular formula is C20H23NOS. The third-order valence-electron chi connectivity index (χ3n) is 5.45. The number of nitrogens with one attached hydrogen (secondary N) is 1. The summed E-state index contributed by atoms with van der Waals surface area (Å²) in [6, 6.07) is 12.9. The summed E-state index contributed by atoms with van der Waals surface area (Å²) in [7, 11) is 0. The Balaban J connectivity index is 1.50. The van der Waals surface area contributed by atoms with Gasteiger partial charge < -0.3 is 5.32 Å². The molecular weight excluding hydrogens is 302 g/mol. The molecule has 1 heterocycles. The third kappa shape index (κ3) is 2.94. The van der Waals surface area contributed by atoms with Crippen molar-refractivity contribution in [2.45, 2.75) is 49.9 Å². The summed E-state index contributed by atoms with van der Waals surface area (Å²) in [5.74, 6) is 0.765. The molecule has 0 saturated heterocycles. The molecule has 2 saturated carbocycles. The van der Waals surface area contributed by atoms with Crippen LogP contribution in [-0.4, -0.2) is 12.5 Å². The molecule has 2 aromatic rings. The minimum absolute atomic E-state index is 0.129. The molecule has 1 aromatic carbocycles. The minimum Gasteiger partial charge on any atom is -0.350 e. The van der Waals surface area contributed by atoms with Gasteiger partial charge in [0.25, 0.3) is 5.91 Å². The fraction of sp³-hybridized carbons (Fsp3) is 0.450. The van der Waals surface area contributed by atoms with E-state index >= 15 is 0 Å². The number of thiophene rings is 1. The zero-order valence-corrected chi connectivity index (χ0v) is 14.2. The Morgan fingerprint density at radius 3 is 2.57 bits per heavy atom. The molecule has 2 fully saturated rings. The fourth-order valence-corrected chi connectivity index (χ4v) is 4.86. The number of carbonyl (C=O) groups excluding carboxylic acids is 1. The largest absolute Gasteiger partial charge is 0.350 e. The van der Waals surface area contributed by atoms with Gasteiger partial charge in [-0.1, -0.05) is 43.2 Å². The van der Waals surface area contributed by atoms with Crippen molar-refractivity contribution < 1.29 is 4.79 Å². The van der Waals surface area contributed by atoms with Crippen LogP contribution in [0.1, 0.15) is 65.2 Å². The number of hydrogen-bond acceptors (Lipinski definition) is 2. The van der Waals surface area contributed by atoms with Crippen LogP contribution in [0.4, 0.5) is 0 Å².